The van der Waals surface area contributed by atoms with Crippen molar-refractivity contribution in [3.8, 4) is 5.75 Å². The van der Waals surface area contributed by atoms with Gasteiger partial charge in [-0.1, -0.05) is 6.07 Å². The molecular formula is C20H22FNO4. The van der Waals surface area contributed by atoms with E-state index in [1.807, 2.05) is 25.3 Å². The fourth-order valence-corrected chi connectivity index (χ4v) is 2.78. The van der Waals surface area contributed by atoms with E-state index in [2.05, 4.69) is 0 Å². The average Bonchev–Trinajstić information content (AvgIpc) is 2.91. The summed E-state index contributed by atoms with van der Waals surface area (Å²) < 4.78 is 25.4. The number of ketones is 1. The van der Waals surface area contributed by atoms with Crippen LogP contribution in [0.1, 0.15) is 34.2 Å². The van der Waals surface area contributed by atoms with Crippen molar-refractivity contribution < 1.29 is 23.5 Å². The first-order valence-electron chi connectivity index (χ1n) is 8.25. The smallest absolute Gasteiger partial charge is 0.331 e. The van der Waals surface area contributed by atoms with Gasteiger partial charge >= 0.3 is 5.97 Å². The third-order valence-corrected chi connectivity index (χ3v) is 4.12. The Labute approximate surface area is 152 Å². The first-order valence-corrected chi connectivity index (χ1v) is 8.25. The molecular weight excluding hydrogens is 337 g/mol. The van der Waals surface area contributed by atoms with Crippen molar-refractivity contribution in [3.63, 3.8) is 0 Å². The first kappa shape index (κ1) is 19.4. The van der Waals surface area contributed by atoms with Crippen LogP contribution >= 0.6 is 0 Å². The number of aromatic nitrogens is 1. The van der Waals surface area contributed by atoms with E-state index in [1.54, 1.807) is 12.1 Å². The van der Waals surface area contributed by atoms with E-state index in [9.17, 15) is 14.0 Å². The predicted octanol–water partition coefficient (Wildman–Crippen LogP) is 3.71. The molecule has 0 atom stereocenters. The number of ether oxygens (including phenoxy) is 2. The zero-order chi connectivity index (χ0) is 19.3. The number of benzene rings is 1. The van der Waals surface area contributed by atoms with Crippen molar-refractivity contribution in [2.24, 2.45) is 0 Å². The number of aryl methyl sites for hydroxylation is 1. The summed E-state index contributed by atoms with van der Waals surface area (Å²) in [5, 5.41) is 0. The molecule has 6 heteroatoms. The molecule has 0 spiro atoms. The van der Waals surface area contributed by atoms with E-state index >= 15 is 0 Å². The zero-order valence-electron chi connectivity index (χ0n) is 15.3. The Kier molecular flexibility index (Phi) is 6.33. The average molecular weight is 359 g/mol. The van der Waals surface area contributed by atoms with Crippen molar-refractivity contribution in [2.75, 3.05) is 13.7 Å². The van der Waals surface area contributed by atoms with Gasteiger partial charge in [0, 0.05) is 29.6 Å². The van der Waals surface area contributed by atoms with Crippen LogP contribution < -0.4 is 4.74 Å². The van der Waals surface area contributed by atoms with E-state index in [-0.39, 0.29) is 18.1 Å². The van der Waals surface area contributed by atoms with Gasteiger partial charge in [-0.2, -0.15) is 0 Å². The number of nitrogens with zero attached hydrogens (tertiary/aromatic N) is 1. The molecule has 0 saturated heterocycles. The summed E-state index contributed by atoms with van der Waals surface area (Å²) in [4.78, 5) is 24.1. The van der Waals surface area contributed by atoms with E-state index in [0.29, 0.717) is 11.1 Å². The number of methoxy groups -OCH3 is 1. The molecule has 0 saturated carbocycles. The van der Waals surface area contributed by atoms with E-state index in [1.165, 1.54) is 25.3 Å². The lowest BCUT2D eigenvalue weighted by molar-refractivity contribution is -0.136. The van der Waals surface area contributed by atoms with Crippen LogP contribution in [0.5, 0.6) is 5.75 Å². The van der Waals surface area contributed by atoms with Gasteiger partial charge in [-0.3, -0.25) is 4.79 Å². The molecule has 2 rings (SSSR count). The molecule has 0 unspecified atom stereocenters. The molecule has 0 bridgehead atoms. The second-order valence-corrected chi connectivity index (χ2v) is 5.79. The van der Waals surface area contributed by atoms with Gasteiger partial charge in [0.2, 0.25) is 5.78 Å². The molecule has 1 heterocycles. The summed E-state index contributed by atoms with van der Waals surface area (Å²) >= 11 is 0. The minimum absolute atomic E-state index is 0.125. The summed E-state index contributed by atoms with van der Waals surface area (Å²) in [6.45, 7) is 6.22. The van der Waals surface area contributed by atoms with Gasteiger partial charge in [-0.25, -0.2) is 9.18 Å². The van der Waals surface area contributed by atoms with Gasteiger partial charge in [0.25, 0.3) is 0 Å². The molecule has 26 heavy (non-hydrogen) atoms. The Morgan fingerprint density at radius 3 is 2.54 bits per heavy atom. The standard InChI is InChI=1S/C20H22FNO4/c1-5-22-13(2)10-16(14(22)3)18(23)12-26-20(24)9-7-15-6-8-19(25-4)17(21)11-15/h6-11H,5,12H2,1-4H3/b9-7+. The molecule has 0 aliphatic carbocycles. The summed E-state index contributed by atoms with van der Waals surface area (Å²) in [6, 6.07) is 6.11. The molecule has 138 valence electrons. The number of Topliss-reactive ketones (excluding diaryl/α,β-unsaturated/α-hetero) is 1. The number of halogens is 1. The fraction of sp³-hybridized carbons (Fsp3) is 0.300. The van der Waals surface area contributed by atoms with Gasteiger partial charge in [-0.05, 0) is 50.6 Å². The third-order valence-electron chi connectivity index (χ3n) is 4.12. The fourth-order valence-electron chi connectivity index (χ4n) is 2.78. The van der Waals surface area contributed by atoms with Crippen molar-refractivity contribution in [2.45, 2.75) is 27.3 Å². The van der Waals surface area contributed by atoms with Crippen LogP contribution in [0, 0.1) is 19.7 Å². The number of rotatable bonds is 7. The molecule has 5 nitrogen and oxygen atoms in total. The topological polar surface area (TPSA) is 57.5 Å². The number of hydrogen-bond acceptors (Lipinski definition) is 4. The SMILES string of the molecule is CCn1c(C)cc(C(=O)COC(=O)/C=C/c2ccc(OC)c(F)c2)c1C. The second kappa shape index (κ2) is 8.47. The maximum absolute atomic E-state index is 13.6. The van der Waals surface area contributed by atoms with Gasteiger partial charge in [-0.15, -0.1) is 0 Å². The molecule has 1 aromatic carbocycles. The highest BCUT2D eigenvalue weighted by molar-refractivity contribution is 6.00. The first-order chi connectivity index (χ1) is 12.4. The molecule has 0 radical (unpaired) electrons. The van der Waals surface area contributed by atoms with Crippen molar-refractivity contribution in [1.82, 2.24) is 4.57 Å². The monoisotopic (exact) mass is 359 g/mol. The van der Waals surface area contributed by atoms with Crippen molar-refractivity contribution in [1.29, 1.82) is 0 Å². The number of hydrogen-bond donors (Lipinski definition) is 0. The highest BCUT2D eigenvalue weighted by Gasteiger charge is 2.16. The zero-order valence-corrected chi connectivity index (χ0v) is 15.3. The summed E-state index contributed by atoms with van der Waals surface area (Å²) in [5.74, 6) is -1.32. The summed E-state index contributed by atoms with van der Waals surface area (Å²) in [6.07, 6.45) is 2.57. The number of esters is 1. The second-order valence-electron chi connectivity index (χ2n) is 5.79. The maximum atomic E-state index is 13.6. The quantitative estimate of drug-likeness (QED) is 0.430. The highest BCUT2D eigenvalue weighted by Crippen LogP contribution is 2.18. The van der Waals surface area contributed by atoms with Crippen molar-refractivity contribution >= 4 is 17.8 Å². The van der Waals surface area contributed by atoms with E-state index in [4.69, 9.17) is 9.47 Å². The van der Waals surface area contributed by atoms with Gasteiger partial charge < -0.3 is 14.0 Å². The third kappa shape index (κ3) is 4.39. The highest BCUT2D eigenvalue weighted by atomic mass is 19.1. The molecule has 2 aromatic rings. The number of carbonyl (C=O) groups excluding carboxylic acids is 2. The van der Waals surface area contributed by atoms with Crippen LogP contribution in [0.15, 0.2) is 30.3 Å². The summed E-state index contributed by atoms with van der Waals surface area (Å²) in [5.41, 5.74) is 2.88. The predicted molar refractivity (Wildman–Crippen MR) is 96.9 cm³/mol. The van der Waals surface area contributed by atoms with Crippen LogP contribution in [-0.2, 0) is 16.1 Å². The van der Waals surface area contributed by atoms with E-state index < -0.39 is 11.8 Å². The lowest BCUT2D eigenvalue weighted by Gasteiger charge is -2.06. The Morgan fingerprint density at radius 1 is 1.23 bits per heavy atom. The van der Waals surface area contributed by atoms with Crippen LogP contribution in [-0.4, -0.2) is 30.0 Å². The van der Waals surface area contributed by atoms with E-state index in [0.717, 1.165) is 24.0 Å². The lowest BCUT2D eigenvalue weighted by atomic mass is 10.1. The largest absolute Gasteiger partial charge is 0.494 e. The minimum atomic E-state index is -0.668. The molecule has 1 aromatic heterocycles. The molecule has 0 amide bonds. The summed E-state index contributed by atoms with van der Waals surface area (Å²) in [7, 11) is 1.38. The Morgan fingerprint density at radius 2 is 1.96 bits per heavy atom. The van der Waals surface area contributed by atoms with Crippen LogP contribution in [0.4, 0.5) is 4.39 Å². The molecule has 0 fully saturated rings. The van der Waals surface area contributed by atoms with Crippen LogP contribution in [0.2, 0.25) is 0 Å². The molecule has 0 aliphatic heterocycles. The van der Waals surface area contributed by atoms with Gasteiger partial charge in [0.05, 0.1) is 7.11 Å². The van der Waals surface area contributed by atoms with Gasteiger partial charge in [0.15, 0.2) is 18.2 Å². The Bertz CT molecular complexity index is 852. The van der Waals surface area contributed by atoms with Gasteiger partial charge in [0.1, 0.15) is 0 Å². The lowest BCUT2D eigenvalue weighted by Crippen LogP contribution is -2.13. The normalized spacial score (nSPS) is 11.0. The minimum Gasteiger partial charge on any atom is -0.494 e. The Balaban J connectivity index is 1.96. The maximum Gasteiger partial charge on any atom is 0.331 e. The molecule has 0 aliphatic rings. The molecule has 0 N–H and O–H groups in total. The Hall–Kier alpha value is -2.89. The van der Waals surface area contributed by atoms with Crippen LogP contribution in [0.25, 0.3) is 6.08 Å². The van der Waals surface area contributed by atoms with Crippen molar-refractivity contribution in [3.05, 3.63) is 58.7 Å². The van der Waals surface area contributed by atoms with Crippen LogP contribution in [0.3, 0.4) is 0 Å². The number of carbonyl (C=O) groups is 2.